The van der Waals surface area contributed by atoms with Crippen molar-refractivity contribution in [2.24, 2.45) is 11.3 Å². The predicted molar refractivity (Wildman–Crippen MR) is 69.6 cm³/mol. The van der Waals surface area contributed by atoms with Gasteiger partial charge in [0, 0.05) is 6.04 Å². The van der Waals surface area contributed by atoms with Crippen LogP contribution in [0.2, 0.25) is 0 Å². The Balaban J connectivity index is 2.33. The molecule has 94 valence electrons. The summed E-state index contributed by atoms with van der Waals surface area (Å²) in [5, 5.41) is 3.41. The van der Waals surface area contributed by atoms with Gasteiger partial charge in [-0.2, -0.15) is 0 Å². The second kappa shape index (κ2) is 4.41. The summed E-state index contributed by atoms with van der Waals surface area (Å²) >= 11 is 0. The Morgan fingerprint density at radius 1 is 1.41 bits per heavy atom. The molecule has 1 fully saturated rings. The van der Waals surface area contributed by atoms with E-state index in [0.717, 1.165) is 12.0 Å². The lowest BCUT2D eigenvalue weighted by molar-refractivity contribution is -0.0155. The van der Waals surface area contributed by atoms with Crippen LogP contribution in [-0.2, 0) is 0 Å². The fourth-order valence-electron chi connectivity index (χ4n) is 3.89. The lowest BCUT2D eigenvalue weighted by atomic mass is 9.48. The van der Waals surface area contributed by atoms with Gasteiger partial charge in [0.05, 0.1) is 0 Å². The zero-order chi connectivity index (χ0) is 12.6. The van der Waals surface area contributed by atoms with Crippen molar-refractivity contribution in [3.05, 3.63) is 35.6 Å². The summed E-state index contributed by atoms with van der Waals surface area (Å²) in [6.45, 7) is 6.79. The minimum absolute atomic E-state index is 0.124. The molecule has 1 aromatic rings. The van der Waals surface area contributed by atoms with Crippen molar-refractivity contribution in [2.75, 3.05) is 7.05 Å². The van der Waals surface area contributed by atoms with Gasteiger partial charge in [0.1, 0.15) is 5.82 Å². The van der Waals surface area contributed by atoms with E-state index >= 15 is 0 Å². The Hall–Kier alpha value is -0.890. The Labute approximate surface area is 103 Å². The van der Waals surface area contributed by atoms with Crippen molar-refractivity contribution in [3.8, 4) is 0 Å². The molecular formula is C15H22FN. The zero-order valence-corrected chi connectivity index (χ0v) is 11.1. The quantitative estimate of drug-likeness (QED) is 0.844. The Bertz CT molecular complexity index is 404. The summed E-state index contributed by atoms with van der Waals surface area (Å²) in [4.78, 5) is 0. The summed E-state index contributed by atoms with van der Waals surface area (Å²) in [6, 6.07) is 7.62. The van der Waals surface area contributed by atoms with Crippen LogP contribution >= 0.6 is 0 Å². The second-order valence-corrected chi connectivity index (χ2v) is 5.52. The number of hydrogen-bond acceptors (Lipinski definition) is 1. The lowest BCUT2D eigenvalue weighted by Gasteiger charge is -2.59. The topological polar surface area (TPSA) is 12.0 Å². The fourth-order valence-corrected chi connectivity index (χ4v) is 3.89. The lowest BCUT2D eigenvalue weighted by Crippen LogP contribution is -2.61. The Morgan fingerprint density at radius 3 is 2.65 bits per heavy atom. The first-order chi connectivity index (χ1) is 8.04. The maximum absolute atomic E-state index is 13.3. The maximum Gasteiger partial charge on any atom is 0.123 e. The van der Waals surface area contributed by atoms with Crippen LogP contribution in [0.5, 0.6) is 0 Å². The first-order valence-electron chi connectivity index (χ1n) is 6.47. The molecule has 2 heteroatoms. The van der Waals surface area contributed by atoms with Gasteiger partial charge in [-0.1, -0.05) is 32.9 Å². The maximum atomic E-state index is 13.3. The van der Waals surface area contributed by atoms with E-state index in [0.29, 0.717) is 17.9 Å². The third kappa shape index (κ3) is 1.79. The first kappa shape index (κ1) is 12.6. The van der Waals surface area contributed by atoms with Crippen LogP contribution in [0.15, 0.2) is 24.3 Å². The van der Waals surface area contributed by atoms with E-state index in [1.54, 1.807) is 6.07 Å². The highest BCUT2D eigenvalue weighted by Gasteiger charge is 2.55. The highest BCUT2D eigenvalue weighted by atomic mass is 19.1. The molecule has 0 radical (unpaired) electrons. The molecule has 0 aromatic heterocycles. The number of hydrogen-bond donors (Lipinski definition) is 1. The van der Waals surface area contributed by atoms with Crippen molar-refractivity contribution >= 4 is 0 Å². The van der Waals surface area contributed by atoms with E-state index < -0.39 is 0 Å². The molecule has 0 amide bonds. The van der Waals surface area contributed by atoms with E-state index in [1.807, 2.05) is 13.1 Å². The monoisotopic (exact) mass is 235 g/mol. The van der Waals surface area contributed by atoms with Gasteiger partial charge in [0.15, 0.2) is 0 Å². The molecule has 17 heavy (non-hydrogen) atoms. The predicted octanol–water partition coefficient (Wildman–Crippen LogP) is 3.56. The SMILES string of the molecule is CCC1(C)C(NC)C(C)C1c1cccc(F)c1. The fraction of sp³-hybridized carbons (Fsp3) is 0.600. The molecule has 1 aliphatic rings. The Kier molecular flexibility index (Phi) is 3.26. The van der Waals surface area contributed by atoms with Gasteiger partial charge in [0.25, 0.3) is 0 Å². The summed E-state index contributed by atoms with van der Waals surface area (Å²) in [5.74, 6) is 0.897. The van der Waals surface area contributed by atoms with Crippen LogP contribution in [0.25, 0.3) is 0 Å². The van der Waals surface area contributed by atoms with Gasteiger partial charge in [-0.15, -0.1) is 0 Å². The molecule has 0 aliphatic heterocycles. The molecule has 1 aliphatic carbocycles. The molecule has 4 atom stereocenters. The van der Waals surface area contributed by atoms with E-state index in [1.165, 1.54) is 6.07 Å². The smallest absolute Gasteiger partial charge is 0.123 e. The molecule has 0 heterocycles. The van der Waals surface area contributed by atoms with Crippen LogP contribution in [0.4, 0.5) is 4.39 Å². The van der Waals surface area contributed by atoms with Crippen molar-refractivity contribution in [1.82, 2.24) is 5.32 Å². The summed E-state index contributed by atoms with van der Waals surface area (Å²) in [5.41, 5.74) is 1.38. The molecule has 0 bridgehead atoms. The van der Waals surface area contributed by atoms with Crippen molar-refractivity contribution in [3.63, 3.8) is 0 Å². The van der Waals surface area contributed by atoms with Crippen LogP contribution in [0, 0.1) is 17.2 Å². The third-order valence-electron chi connectivity index (χ3n) is 4.75. The highest BCUT2D eigenvalue weighted by molar-refractivity contribution is 5.30. The number of rotatable bonds is 3. The highest BCUT2D eigenvalue weighted by Crippen LogP contribution is 2.58. The molecule has 0 saturated heterocycles. The van der Waals surface area contributed by atoms with Crippen LogP contribution in [-0.4, -0.2) is 13.1 Å². The number of benzene rings is 1. The number of halogens is 1. The second-order valence-electron chi connectivity index (χ2n) is 5.52. The van der Waals surface area contributed by atoms with Crippen molar-refractivity contribution in [1.29, 1.82) is 0 Å². The molecule has 4 unspecified atom stereocenters. The van der Waals surface area contributed by atoms with Crippen LogP contribution < -0.4 is 5.32 Å². The summed E-state index contributed by atoms with van der Waals surface area (Å²) in [6.07, 6.45) is 1.12. The molecule has 0 spiro atoms. The summed E-state index contributed by atoms with van der Waals surface area (Å²) in [7, 11) is 2.02. The van der Waals surface area contributed by atoms with Gasteiger partial charge in [0.2, 0.25) is 0 Å². The van der Waals surface area contributed by atoms with Crippen LogP contribution in [0.1, 0.15) is 38.7 Å². The van der Waals surface area contributed by atoms with E-state index in [9.17, 15) is 4.39 Å². The van der Waals surface area contributed by atoms with Gasteiger partial charge < -0.3 is 5.32 Å². The molecule has 1 nitrogen and oxygen atoms in total. The number of nitrogens with one attached hydrogen (secondary N) is 1. The zero-order valence-electron chi connectivity index (χ0n) is 11.1. The molecular weight excluding hydrogens is 213 g/mol. The van der Waals surface area contributed by atoms with Gasteiger partial charge in [-0.05, 0) is 48.4 Å². The van der Waals surface area contributed by atoms with Gasteiger partial charge >= 0.3 is 0 Å². The van der Waals surface area contributed by atoms with E-state index in [2.05, 4.69) is 32.2 Å². The molecule has 1 saturated carbocycles. The largest absolute Gasteiger partial charge is 0.316 e. The van der Waals surface area contributed by atoms with E-state index in [4.69, 9.17) is 0 Å². The molecule has 1 aromatic carbocycles. The molecule has 1 N–H and O–H groups in total. The normalized spacial score (nSPS) is 36.6. The minimum Gasteiger partial charge on any atom is -0.316 e. The first-order valence-corrected chi connectivity index (χ1v) is 6.47. The summed E-state index contributed by atoms with van der Waals surface area (Å²) < 4.78 is 13.3. The van der Waals surface area contributed by atoms with Crippen LogP contribution in [0.3, 0.4) is 0 Å². The van der Waals surface area contributed by atoms with Gasteiger partial charge in [-0.25, -0.2) is 4.39 Å². The average molecular weight is 235 g/mol. The standard InChI is InChI=1S/C15H22FN/c1-5-15(3)13(10(2)14(15)17-4)11-7-6-8-12(16)9-11/h6-10,13-14,17H,5H2,1-4H3. The molecule has 2 rings (SSSR count). The van der Waals surface area contributed by atoms with Gasteiger partial charge in [-0.3, -0.25) is 0 Å². The van der Waals surface area contributed by atoms with E-state index in [-0.39, 0.29) is 11.2 Å². The van der Waals surface area contributed by atoms with Crippen molar-refractivity contribution in [2.45, 2.75) is 39.2 Å². The third-order valence-corrected chi connectivity index (χ3v) is 4.75. The Morgan fingerprint density at radius 2 is 2.12 bits per heavy atom. The average Bonchev–Trinajstić information content (AvgIpc) is 2.29. The van der Waals surface area contributed by atoms with Crippen molar-refractivity contribution < 1.29 is 4.39 Å². The minimum atomic E-state index is -0.124.